The summed E-state index contributed by atoms with van der Waals surface area (Å²) in [7, 11) is 0. The zero-order valence-electron chi connectivity index (χ0n) is 19.6. The number of hydrogen-bond acceptors (Lipinski definition) is 4. The molecule has 4 nitrogen and oxygen atoms in total. The Morgan fingerprint density at radius 1 is 0.914 bits per heavy atom. The number of nitrogens with zero attached hydrogens (tertiary/aromatic N) is 3. The Labute approximate surface area is 203 Å². The third-order valence-electron chi connectivity index (χ3n) is 5.92. The monoisotopic (exact) mass is 517 g/mol. The van der Waals surface area contributed by atoms with Gasteiger partial charge in [-0.1, -0.05) is 31.3 Å². The summed E-state index contributed by atoms with van der Waals surface area (Å²) in [6.45, 7) is 9.36. The second kappa shape index (κ2) is 10.1. The van der Waals surface area contributed by atoms with Gasteiger partial charge in [-0.25, -0.2) is 4.98 Å². The number of halogens is 6. The van der Waals surface area contributed by atoms with Crippen LogP contribution in [-0.2, 0) is 12.4 Å². The smallest absolute Gasteiger partial charge is 0.302 e. The number of thiazole rings is 1. The van der Waals surface area contributed by atoms with Gasteiger partial charge in [0.2, 0.25) is 0 Å². The first-order valence-corrected chi connectivity index (χ1v) is 11.8. The van der Waals surface area contributed by atoms with Gasteiger partial charge in [-0.05, 0) is 62.3 Å². The maximum atomic E-state index is 13.5. The van der Waals surface area contributed by atoms with Crippen LogP contribution in [0.25, 0.3) is 10.2 Å². The Morgan fingerprint density at radius 3 is 2.00 bits per heavy atom. The molecule has 0 saturated heterocycles. The number of carbonyl (C=O) groups is 1. The molecule has 0 radical (unpaired) electrons. The van der Waals surface area contributed by atoms with E-state index in [4.69, 9.17) is 0 Å². The summed E-state index contributed by atoms with van der Waals surface area (Å²) in [5.41, 5.74) is -1.25. The number of rotatable bonds is 7. The van der Waals surface area contributed by atoms with Crippen molar-refractivity contribution in [3.05, 3.63) is 58.1 Å². The average Bonchev–Trinajstić information content (AvgIpc) is 3.22. The molecule has 1 amide bonds. The van der Waals surface area contributed by atoms with E-state index in [9.17, 15) is 31.1 Å². The van der Waals surface area contributed by atoms with Crippen LogP contribution in [0.3, 0.4) is 0 Å². The first-order chi connectivity index (χ1) is 16.3. The summed E-state index contributed by atoms with van der Waals surface area (Å²) in [6, 6.07) is 4.66. The van der Waals surface area contributed by atoms with Gasteiger partial charge >= 0.3 is 12.4 Å². The van der Waals surface area contributed by atoms with Gasteiger partial charge < -0.3 is 4.90 Å². The van der Waals surface area contributed by atoms with E-state index in [0.717, 1.165) is 15.8 Å². The highest BCUT2D eigenvalue weighted by molar-refractivity contribution is 7.22. The van der Waals surface area contributed by atoms with Crippen LogP contribution >= 0.6 is 11.3 Å². The zero-order valence-corrected chi connectivity index (χ0v) is 20.5. The second-order valence-electron chi connectivity index (χ2n) is 8.13. The molecule has 0 aliphatic carbocycles. The summed E-state index contributed by atoms with van der Waals surface area (Å²) in [6.07, 6.45) is -10.1. The Hall–Kier alpha value is -2.66. The molecule has 0 bridgehead atoms. The first-order valence-electron chi connectivity index (χ1n) is 11.0. The molecule has 1 heterocycles. The molecule has 2 aromatic carbocycles. The molecular weight excluding hydrogens is 492 g/mol. The van der Waals surface area contributed by atoms with Crippen molar-refractivity contribution < 1.29 is 31.1 Å². The topological polar surface area (TPSA) is 36.4 Å². The molecule has 1 aromatic heterocycles. The molecule has 11 heteroatoms. The lowest BCUT2D eigenvalue weighted by atomic mass is 10.0. The van der Waals surface area contributed by atoms with Gasteiger partial charge in [-0.3, -0.25) is 9.69 Å². The Balaban J connectivity index is 2.13. The van der Waals surface area contributed by atoms with Crippen LogP contribution in [0.5, 0.6) is 0 Å². The molecule has 0 saturated carbocycles. The number of likely N-dealkylation sites (N-methyl/N-ethyl adjacent to an activating group) is 1. The Bertz CT molecular complexity index is 1180. The fourth-order valence-corrected chi connectivity index (χ4v) is 4.68. The van der Waals surface area contributed by atoms with E-state index < -0.39 is 35.0 Å². The Morgan fingerprint density at radius 2 is 1.49 bits per heavy atom. The van der Waals surface area contributed by atoms with Crippen LogP contribution in [0.2, 0.25) is 0 Å². The number of anilines is 1. The van der Waals surface area contributed by atoms with Crippen molar-refractivity contribution in [3.63, 3.8) is 0 Å². The first kappa shape index (κ1) is 26.9. The van der Waals surface area contributed by atoms with Crippen molar-refractivity contribution in [1.82, 2.24) is 9.88 Å². The normalized spacial score (nSPS) is 12.5. The minimum absolute atomic E-state index is 0.0147. The lowest BCUT2D eigenvalue weighted by Gasteiger charge is -2.25. The van der Waals surface area contributed by atoms with Crippen molar-refractivity contribution in [2.24, 2.45) is 0 Å². The van der Waals surface area contributed by atoms with Crippen molar-refractivity contribution in [1.29, 1.82) is 0 Å². The largest absolute Gasteiger partial charge is 0.416 e. The van der Waals surface area contributed by atoms with Crippen LogP contribution in [0.4, 0.5) is 31.5 Å². The van der Waals surface area contributed by atoms with Gasteiger partial charge in [-0.15, -0.1) is 0 Å². The van der Waals surface area contributed by atoms with E-state index in [1.165, 1.54) is 16.2 Å². The van der Waals surface area contributed by atoms with Crippen molar-refractivity contribution in [3.8, 4) is 0 Å². The maximum absolute atomic E-state index is 13.5. The van der Waals surface area contributed by atoms with Gasteiger partial charge in [0, 0.05) is 18.7 Å². The van der Waals surface area contributed by atoms with Gasteiger partial charge in [0.25, 0.3) is 5.91 Å². The fraction of sp³-hybridized carbons (Fsp3) is 0.417. The molecule has 3 aromatic rings. The van der Waals surface area contributed by atoms with Gasteiger partial charge in [0.05, 0.1) is 21.3 Å². The van der Waals surface area contributed by atoms with Gasteiger partial charge in [-0.2, -0.15) is 26.3 Å². The third kappa shape index (κ3) is 5.95. The Kier molecular flexibility index (Phi) is 7.80. The summed E-state index contributed by atoms with van der Waals surface area (Å²) < 4.78 is 81.1. The van der Waals surface area contributed by atoms with E-state index in [1.807, 2.05) is 44.7 Å². The molecular formula is C24H25F6N3OS. The van der Waals surface area contributed by atoms with Gasteiger partial charge in [0.1, 0.15) is 0 Å². The highest BCUT2D eigenvalue weighted by Gasteiger charge is 2.38. The number of benzene rings is 2. The van der Waals surface area contributed by atoms with E-state index in [0.29, 0.717) is 37.3 Å². The third-order valence-corrected chi connectivity index (χ3v) is 6.96. The molecule has 3 rings (SSSR count). The van der Waals surface area contributed by atoms with Crippen LogP contribution < -0.4 is 4.90 Å². The highest BCUT2D eigenvalue weighted by atomic mass is 32.1. The number of carbonyl (C=O) groups excluding carboxylic acids is 1. The second-order valence-corrected chi connectivity index (χ2v) is 9.14. The van der Waals surface area contributed by atoms with Crippen molar-refractivity contribution in [2.45, 2.75) is 40.0 Å². The van der Waals surface area contributed by atoms with E-state index in [-0.39, 0.29) is 17.7 Å². The number of alkyl halides is 6. The summed E-state index contributed by atoms with van der Waals surface area (Å²) in [5.74, 6) is -0.970. The molecule has 0 N–H and O–H groups in total. The maximum Gasteiger partial charge on any atom is 0.416 e. The zero-order chi connectivity index (χ0) is 26.1. The lowest BCUT2D eigenvalue weighted by Crippen LogP contribution is -2.39. The number of aromatic nitrogens is 1. The minimum Gasteiger partial charge on any atom is -0.302 e. The predicted octanol–water partition coefficient (Wildman–Crippen LogP) is 6.94. The highest BCUT2D eigenvalue weighted by Crippen LogP contribution is 2.38. The average molecular weight is 518 g/mol. The van der Waals surface area contributed by atoms with Gasteiger partial charge in [0.15, 0.2) is 5.13 Å². The predicted molar refractivity (Wildman–Crippen MR) is 125 cm³/mol. The SMILES string of the molecule is CCN(CC)CCN(C(=O)c1cc(C(F)(F)F)cc(C(F)(F)F)c1)c1nc2c(C)c(C)ccc2s1. The minimum atomic E-state index is -5.05. The van der Waals surface area contributed by atoms with Crippen LogP contribution in [0, 0.1) is 13.8 Å². The standard InChI is InChI=1S/C24H25F6N3OS/c1-5-32(6-2)9-10-33(22-31-20-15(4)14(3)7-8-19(20)35-22)21(34)16-11-17(23(25,26)27)13-18(12-16)24(28,29)30/h7-8,11-13H,5-6,9-10H2,1-4H3. The summed E-state index contributed by atoms with van der Waals surface area (Å²) in [4.78, 5) is 21.2. The van der Waals surface area contributed by atoms with E-state index in [2.05, 4.69) is 4.98 Å². The molecule has 0 aliphatic heterocycles. The number of amides is 1. The number of hydrogen-bond donors (Lipinski definition) is 0. The lowest BCUT2D eigenvalue weighted by molar-refractivity contribution is -0.143. The fourth-order valence-electron chi connectivity index (χ4n) is 3.63. The summed E-state index contributed by atoms with van der Waals surface area (Å²) >= 11 is 1.17. The molecule has 0 aliphatic rings. The van der Waals surface area contributed by atoms with Crippen molar-refractivity contribution in [2.75, 3.05) is 31.1 Å². The van der Waals surface area contributed by atoms with Crippen LogP contribution in [0.15, 0.2) is 30.3 Å². The molecule has 190 valence electrons. The summed E-state index contributed by atoms with van der Waals surface area (Å²) in [5, 5.41) is 0.219. The van der Waals surface area contributed by atoms with E-state index >= 15 is 0 Å². The molecule has 0 unspecified atom stereocenters. The number of aryl methyl sites for hydroxylation is 2. The molecule has 35 heavy (non-hydrogen) atoms. The van der Waals surface area contributed by atoms with Crippen LogP contribution in [-0.4, -0.2) is 42.0 Å². The number of fused-ring (bicyclic) bond motifs is 1. The van der Waals surface area contributed by atoms with Crippen molar-refractivity contribution >= 4 is 32.6 Å². The van der Waals surface area contributed by atoms with Crippen LogP contribution in [0.1, 0.15) is 46.5 Å². The quantitative estimate of drug-likeness (QED) is 0.319. The molecule has 0 spiro atoms. The molecule has 0 fully saturated rings. The molecule has 0 atom stereocenters. The van der Waals surface area contributed by atoms with E-state index in [1.54, 1.807) is 0 Å².